The van der Waals surface area contributed by atoms with Crippen LogP contribution >= 0.6 is 11.8 Å². The quantitative estimate of drug-likeness (QED) is 0.770. The molecule has 0 amide bonds. The molecule has 0 spiro atoms. The maximum atomic E-state index is 11.5. The molecule has 2 unspecified atom stereocenters. The SMILES string of the molecule is CCNC1(C(=O)O)CCCC(SCC(C)C)C1. The molecule has 0 aromatic rings. The van der Waals surface area contributed by atoms with Gasteiger partial charge in [-0.05, 0) is 43.9 Å². The molecular formula is C13H25NO2S. The Hall–Kier alpha value is -0.220. The Bertz CT molecular complexity index is 254. The van der Waals surface area contributed by atoms with Crippen molar-refractivity contribution >= 4 is 17.7 Å². The lowest BCUT2D eigenvalue weighted by Gasteiger charge is -2.38. The first-order valence-electron chi connectivity index (χ1n) is 6.60. The molecule has 0 radical (unpaired) electrons. The molecule has 1 aliphatic rings. The molecule has 1 saturated carbocycles. The maximum absolute atomic E-state index is 11.5. The van der Waals surface area contributed by atoms with Crippen LogP contribution in [0.2, 0.25) is 0 Å². The monoisotopic (exact) mass is 259 g/mol. The molecule has 4 heteroatoms. The van der Waals surface area contributed by atoms with E-state index >= 15 is 0 Å². The summed E-state index contributed by atoms with van der Waals surface area (Å²) in [6.07, 6.45) is 3.73. The predicted molar refractivity (Wildman–Crippen MR) is 73.6 cm³/mol. The largest absolute Gasteiger partial charge is 0.480 e. The Balaban J connectivity index is 2.58. The lowest BCUT2D eigenvalue weighted by atomic mass is 9.81. The van der Waals surface area contributed by atoms with Gasteiger partial charge in [0, 0.05) is 5.25 Å². The van der Waals surface area contributed by atoms with Crippen molar-refractivity contribution < 1.29 is 9.90 Å². The van der Waals surface area contributed by atoms with Crippen molar-refractivity contribution in [2.24, 2.45) is 5.92 Å². The fourth-order valence-electron chi connectivity index (χ4n) is 2.46. The minimum atomic E-state index is -0.672. The summed E-state index contributed by atoms with van der Waals surface area (Å²) in [7, 11) is 0. The van der Waals surface area contributed by atoms with Crippen molar-refractivity contribution in [3.05, 3.63) is 0 Å². The van der Waals surface area contributed by atoms with E-state index in [1.165, 1.54) is 0 Å². The van der Waals surface area contributed by atoms with Gasteiger partial charge in [0.25, 0.3) is 0 Å². The van der Waals surface area contributed by atoms with Crippen LogP contribution in [0.25, 0.3) is 0 Å². The third kappa shape index (κ3) is 4.18. The number of hydrogen-bond acceptors (Lipinski definition) is 3. The molecule has 0 aliphatic heterocycles. The molecule has 0 aromatic heterocycles. The first kappa shape index (κ1) is 14.8. The Morgan fingerprint density at radius 1 is 1.59 bits per heavy atom. The van der Waals surface area contributed by atoms with E-state index in [9.17, 15) is 9.90 Å². The summed E-state index contributed by atoms with van der Waals surface area (Å²) in [5.41, 5.74) is -0.665. The minimum Gasteiger partial charge on any atom is -0.480 e. The van der Waals surface area contributed by atoms with Gasteiger partial charge in [0.15, 0.2) is 0 Å². The predicted octanol–water partition coefficient (Wildman–Crippen LogP) is 2.75. The van der Waals surface area contributed by atoms with Crippen LogP contribution in [-0.2, 0) is 4.79 Å². The van der Waals surface area contributed by atoms with Gasteiger partial charge in [-0.3, -0.25) is 4.79 Å². The summed E-state index contributed by atoms with van der Waals surface area (Å²) >= 11 is 1.95. The summed E-state index contributed by atoms with van der Waals surface area (Å²) in [4.78, 5) is 11.5. The summed E-state index contributed by atoms with van der Waals surface area (Å²) in [5.74, 6) is 1.14. The van der Waals surface area contributed by atoms with Gasteiger partial charge in [0.05, 0.1) is 0 Å². The van der Waals surface area contributed by atoms with Crippen molar-refractivity contribution in [2.75, 3.05) is 12.3 Å². The zero-order valence-electron chi connectivity index (χ0n) is 11.2. The third-order valence-corrected chi connectivity index (χ3v) is 5.03. The van der Waals surface area contributed by atoms with Crippen molar-refractivity contribution in [2.45, 2.75) is 57.2 Å². The second-order valence-electron chi connectivity index (χ2n) is 5.36. The second kappa shape index (κ2) is 6.64. The fraction of sp³-hybridized carbons (Fsp3) is 0.923. The average Bonchev–Trinajstić information content (AvgIpc) is 2.27. The van der Waals surface area contributed by atoms with E-state index in [-0.39, 0.29) is 0 Å². The third-order valence-electron chi connectivity index (χ3n) is 3.30. The molecular weight excluding hydrogens is 234 g/mol. The lowest BCUT2D eigenvalue weighted by molar-refractivity contribution is -0.146. The molecule has 3 nitrogen and oxygen atoms in total. The van der Waals surface area contributed by atoms with E-state index in [1.54, 1.807) is 0 Å². The highest BCUT2D eigenvalue weighted by Gasteiger charge is 2.42. The van der Waals surface area contributed by atoms with E-state index in [2.05, 4.69) is 19.2 Å². The number of hydrogen-bond donors (Lipinski definition) is 2. The summed E-state index contributed by atoms with van der Waals surface area (Å²) in [5, 5.41) is 13.1. The molecule has 1 rings (SSSR count). The van der Waals surface area contributed by atoms with Gasteiger partial charge in [-0.25, -0.2) is 0 Å². The van der Waals surface area contributed by atoms with Gasteiger partial charge < -0.3 is 10.4 Å². The molecule has 0 heterocycles. The normalized spacial score (nSPS) is 29.5. The van der Waals surface area contributed by atoms with Gasteiger partial charge in [-0.15, -0.1) is 0 Å². The van der Waals surface area contributed by atoms with Crippen LogP contribution < -0.4 is 5.32 Å². The van der Waals surface area contributed by atoms with Crippen molar-refractivity contribution in [1.82, 2.24) is 5.32 Å². The van der Waals surface area contributed by atoms with Gasteiger partial charge in [-0.1, -0.05) is 20.8 Å². The van der Waals surface area contributed by atoms with Gasteiger partial charge in [0.2, 0.25) is 0 Å². The lowest BCUT2D eigenvalue weighted by Crippen LogP contribution is -2.55. The minimum absolute atomic E-state index is 0.501. The van der Waals surface area contributed by atoms with E-state index in [0.29, 0.717) is 11.2 Å². The number of carbonyl (C=O) groups is 1. The van der Waals surface area contributed by atoms with E-state index in [4.69, 9.17) is 0 Å². The molecule has 2 atom stereocenters. The van der Waals surface area contributed by atoms with Crippen LogP contribution in [0.3, 0.4) is 0 Å². The summed E-state index contributed by atoms with van der Waals surface area (Å²) in [6.45, 7) is 7.14. The van der Waals surface area contributed by atoms with E-state index in [1.807, 2.05) is 18.7 Å². The van der Waals surface area contributed by atoms with Crippen LogP contribution in [0.4, 0.5) is 0 Å². The van der Waals surface area contributed by atoms with Crippen LogP contribution in [0, 0.1) is 5.92 Å². The highest BCUT2D eigenvalue weighted by atomic mass is 32.2. The maximum Gasteiger partial charge on any atom is 0.323 e. The zero-order valence-corrected chi connectivity index (χ0v) is 12.0. The molecule has 100 valence electrons. The number of nitrogens with one attached hydrogen (secondary N) is 1. The molecule has 2 N–H and O–H groups in total. The highest BCUT2D eigenvalue weighted by Crippen LogP contribution is 2.35. The molecule has 0 aromatic carbocycles. The standard InChI is InChI=1S/C13H25NO2S/c1-4-14-13(12(15)16)7-5-6-11(8-13)17-9-10(2)3/h10-11,14H,4-9H2,1-3H3,(H,15,16). The molecule has 0 saturated heterocycles. The van der Waals surface area contributed by atoms with Crippen LogP contribution in [0.15, 0.2) is 0 Å². The average molecular weight is 259 g/mol. The van der Waals surface area contributed by atoms with Gasteiger partial charge in [-0.2, -0.15) is 11.8 Å². The summed E-state index contributed by atoms with van der Waals surface area (Å²) < 4.78 is 0. The Morgan fingerprint density at radius 3 is 2.82 bits per heavy atom. The number of carboxylic acids is 1. The van der Waals surface area contributed by atoms with Crippen molar-refractivity contribution in [3.8, 4) is 0 Å². The molecule has 1 fully saturated rings. The number of rotatable bonds is 6. The van der Waals surface area contributed by atoms with Crippen LogP contribution in [0.5, 0.6) is 0 Å². The zero-order chi connectivity index (χ0) is 12.9. The Morgan fingerprint density at radius 2 is 2.29 bits per heavy atom. The van der Waals surface area contributed by atoms with E-state index in [0.717, 1.165) is 38.0 Å². The smallest absolute Gasteiger partial charge is 0.323 e. The number of likely N-dealkylation sites (N-methyl/N-ethyl adjacent to an activating group) is 1. The van der Waals surface area contributed by atoms with Crippen molar-refractivity contribution in [1.29, 1.82) is 0 Å². The molecule has 1 aliphatic carbocycles. The second-order valence-corrected chi connectivity index (χ2v) is 6.70. The Labute approximate surface area is 109 Å². The van der Waals surface area contributed by atoms with Crippen molar-refractivity contribution in [3.63, 3.8) is 0 Å². The Kier molecular flexibility index (Phi) is 5.80. The van der Waals surface area contributed by atoms with Gasteiger partial charge in [0.1, 0.15) is 5.54 Å². The first-order valence-corrected chi connectivity index (χ1v) is 7.65. The summed E-state index contributed by atoms with van der Waals surface area (Å²) in [6, 6.07) is 0. The van der Waals surface area contributed by atoms with Crippen LogP contribution in [0.1, 0.15) is 46.5 Å². The number of aliphatic carboxylic acids is 1. The molecule has 0 bridgehead atoms. The number of carboxylic acid groups (broad SMARTS) is 1. The fourth-order valence-corrected chi connectivity index (χ4v) is 3.86. The topological polar surface area (TPSA) is 49.3 Å². The first-order chi connectivity index (χ1) is 8.00. The molecule has 17 heavy (non-hydrogen) atoms. The van der Waals surface area contributed by atoms with Crippen LogP contribution in [-0.4, -0.2) is 34.2 Å². The van der Waals surface area contributed by atoms with Gasteiger partial charge >= 0.3 is 5.97 Å². The van der Waals surface area contributed by atoms with E-state index < -0.39 is 11.5 Å². The number of thioether (sulfide) groups is 1. The highest BCUT2D eigenvalue weighted by molar-refractivity contribution is 7.99.